The molecular weight excluding hydrogens is 270 g/mol. The van der Waals surface area contributed by atoms with E-state index in [1.165, 1.54) is 5.56 Å². The van der Waals surface area contributed by atoms with Gasteiger partial charge in [0.15, 0.2) is 0 Å². The van der Waals surface area contributed by atoms with E-state index in [-0.39, 0.29) is 11.5 Å². The summed E-state index contributed by atoms with van der Waals surface area (Å²) in [5.41, 5.74) is 8.52. The van der Waals surface area contributed by atoms with E-state index in [0.717, 1.165) is 5.56 Å². The fourth-order valence-corrected chi connectivity index (χ4v) is 2.53. The second-order valence-corrected chi connectivity index (χ2v) is 5.87. The Labute approximate surface area is 125 Å². The van der Waals surface area contributed by atoms with Crippen molar-refractivity contribution in [1.29, 1.82) is 0 Å². The van der Waals surface area contributed by atoms with Gasteiger partial charge in [0.05, 0.1) is 12.1 Å². The third kappa shape index (κ3) is 2.82. The van der Waals surface area contributed by atoms with Crippen LogP contribution in [-0.2, 0) is 5.41 Å². The Kier molecular flexibility index (Phi) is 4.36. The monoisotopic (exact) mass is 289 g/mol. The number of benzene rings is 2. The maximum absolute atomic E-state index is 6.48. The summed E-state index contributed by atoms with van der Waals surface area (Å²) in [6.07, 6.45) is 0. The second-order valence-electron chi connectivity index (χ2n) is 5.46. The van der Waals surface area contributed by atoms with E-state index in [1.54, 1.807) is 7.11 Å². The lowest BCUT2D eigenvalue weighted by Crippen LogP contribution is -2.33. The van der Waals surface area contributed by atoms with Crippen molar-refractivity contribution < 1.29 is 4.74 Å². The van der Waals surface area contributed by atoms with Crippen molar-refractivity contribution in [2.24, 2.45) is 5.73 Å². The fourth-order valence-electron chi connectivity index (χ4n) is 2.33. The molecule has 106 valence electrons. The van der Waals surface area contributed by atoms with Crippen LogP contribution in [0, 0.1) is 0 Å². The van der Waals surface area contributed by atoms with E-state index in [4.69, 9.17) is 22.1 Å². The quantitative estimate of drug-likeness (QED) is 0.909. The van der Waals surface area contributed by atoms with Crippen molar-refractivity contribution in [2.45, 2.75) is 25.3 Å². The number of methoxy groups -OCH3 is 1. The van der Waals surface area contributed by atoms with Crippen LogP contribution in [0.25, 0.3) is 0 Å². The van der Waals surface area contributed by atoms with Crippen molar-refractivity contribution in [3.05, 3.63) is 64.7 Å². The van der Waals surface area contributed by atoms with Gasteiger partial charge in [0.1, 0.15) is 5.75 Å². The van der Waals surface area contributed by atoms with Crippen molar-refractivity contribution >= 4 is 11.6 Å². The first-order chi connectivity index (χ1) is 9.46. The van der Waals surface area contributed by atoms with Crippen LogP contribution >= 0.6 is 11.6 Å². The topological polar surface area (TPSA) is 35.2 Å². The molecule has 1 unspecified atom stereocenters. The Bertz CT molecular complexity index is 581. The molecule has 2 aromatic rings. The molecule has 0 amide bonds. The molecule has 20 heavy (non-hydrogen) atoms. The molecule has 0 aromatic heterocycles. The van der Waals surface area contributed by atoms with Gasteiger partial charge in [-0.25, -0.2) is 0 Å². The van der Waals surface area contributed by atoms with Gasteiger partial charge in [-0.2, -0.15) is 0 Å². The summed E-state index contributed by atoms with van der Waals surface area (Å²) < 4.78 is 5.27. The van der Waals surface area contributed by atoms with E-state index in [2.05, 4.69) is 26.0 Å². The predicted molar refractivity (Wildman–Crippen MR) is 84.4 cm³/mol. The van der Waals surface area contributed by atoms with Gasteiger partial charge in [0.25, 0.3) is 0 Å². The molecule has 2 aromatic carbocycles. The number of nitrogens with two attached hydrogens (primary N) is 1. The standard InChI is InChI=1S/C17H20ClNO/c1-17(2,13-7-5-4-6-8-13)16(19)12-9-10-14(18)15(11-12)20-3/h4-11,16H,19H2,1-3H3. The van der Waals surface area contributed by atoms with E-state index in [0.29, 0.717) is 10.8 Å². The summed E-state index contributed by atoms with van der Waals surface area (Å²) >= 11 is 6.07. The van der Waals surface area contributed by atoms with Crippen LogP contribution in [0.3, 0.4) is 0 Å². The first kappa shape index (κ1) is 14.9. The third-order valence-electron chi connectivity index (χ3n) is 3.83. The van der Waals surface area contributed by atoms with Gasteiger partial charge >= 0.3 is 0 Å². The van der Waals surface area contributed by atoms with Gasteiger partial charge in [0.2, 0.25) is 0 Å². The molecule has 0 saturated carbocycles. The van der Waals surface area contributed by atoms with Gasteiger partial charge in [-0.05, 0) is 23.3 Å². The Morgan fingerprint density at radius 3 is 2.35 bits per heavy atom. The Hall–Kier alpha value is -1.51. The molecule has 0 bridgehead atoms. The van der Waals surface area contributed by atoms with E-state index >= 15 is 0 Å². The largest absolute Gasteiger partial charge is 0.495 e. The summed E-state index contributed by atoms with van der Waals surface area (Å²) in [4.78, 5) is 0. The van der Waals surface area contributed by atoms with Crippen LogP contribution in [0.4, 0.5) is 0 Å². The van der Waals surface area contributed by atoms with Crippen LogP contribution in [0.5, 0.6) is 5.75 Å². The average molecular weight is 290 g/mol. The summed E-state index contributed by atoms with van der Waals surface area (Å²) in [6.45, 7) is 4.29. The van der Waals surface area contributed by atoms with Gasteiger partial charge in [-0.1, -0.05) is 61.8 Å². The van der Waals surface area contributed by atoms with Crippen LogP contribution in [0.15, 0.2) is 48.5 Å². The van der Waals surface area contributed by atoms with Gasteiger partial charge in [-0.3, -0.25) is 0 Å². The molecule has 1 atom stereocenters. The number of rotatable bonds is 4. The summed E-state index contributed by atoms with van der Waals surface area (Å²) in [5.74, 6) is 0.656. The van der Waals surface area contributed by atoms with Crippen molar-refractivity contribution in [3.8, 4) is 5.75 Å². The molecule has 0 heterocycles. The Morgan fingerprint density at radius 1 is 1.10 bits per heavy atom. The van der Waals surface area contributed by atoms with Crippen LogP contribution in [0.1, 0.15) is 31.0 Å². The van der Waals surface area contributed by atoms with Crippen LogP contribution in [0.2, 0.25) is 5.02 Å². The first-order valence-electron chi connectivity index (χ1n) is 6.61. The summed E-state index contributed by atoms with van der Waals surface area (Å²) in [6, 6.07) is 15.8. The normalized spacial score (nSPS) is 13.1. The predicted octanol–water partition coefficient (Wildman–Crippen LogP) is 4.33. The van der Waals surface area contributed by atoms with Gasteiger partial charge in [-0.15, -0.1) is 0 Å². The summed E-state index contributed by atoms with van der Waals surface area (Å²) in [5, 5.41) is 0.598. The van der Waals surface area contributed by atoms with Crippen molar-refractivity contribution in [2.75, 3.05) is 7.11 Å². The molecule has 0 fully saturated rings. The zero-order chi connectivity index (χ0) is 14.8. The maximum atomic E-state index is 6.48. The average Bonchev–Trinajstić information content (AvgIpc) is 2.48. The summed E-state index contributed by atoms with van der Waals surface area (Å²) in [7, 11) is 1.61. The molecule has 3 heteroatoms. The van der Waals surface area contributed by atoms with E-state index in [9.17, 15) is 0 Å². The highest BCUT2D eigenvalue weighted by molar-refractivity contribution is 6.32. The minimum absolute atomic E-state index is 0.143. The zero-order valence-corrected chi connectivity index (χ0v) is 12.8. The fraction of sp³-hybridized carbons (Fsp3) is 0.294. The molecule has 2 N–H and O–H groups in total. The number of halogens is 1. The minimum Gasteiger partial charge on any atom is -0.495 e. The molecule has 0 aliphatic carbocycles. The van der Waals surface area contributed by atoms with E-state index < -0.39 is 0 Å². The van der Waals surface area contributed by atoms with Crippen LogP contribution in [-0.4, -0.2) is 7.11 Å². The zero-order valence-electron chi connectivity index (χ0n) is 12.1. The first-order valence-corrected chi connectivity index (χ1v) is 6.99. The second kappa shape index (κ2) is 5.86. The molecule has 2 rings (SSSR count). The Morgan fingerprint density at radius 2 is 1.75 bits per heavy atom. The highest BCUT2D eigenvalue weighted by Crippen LogP contribution is 2.37. The number of hydrogen-bond donors (Lipinski definition) is 1. The van der Waals surface area contributed by atoms with Gasteiger partial charge < -0.3 is 10.5 Å². The maximum Gasteiger partial charge on any atom is 0.137 e. The lowest BCUT2D eigenvalue weighted by Gasteiger charge is -2.32. The molecule has 0 spiro atoms. The highest BCUT2D eigenvalue weighted by atomic mass is 35.5. The SMILES string of the molecule is COc1cc(C(N)C(C)(C)c2ccccc2)ccc1Cl. The van der Waals surface area contributed by atoms with E-state index in [1.807, 2.05) is 36.4 Å². The smallest absolute Gasteiger partial charge is 0.137 e. The molecule has 0 radical (unpaired) electrons. The number of ether oxygens (including phenoxy) is 1. The minimum atomic E-state index is -0.180. The lowest BCUT2D eigenvalue weighted by atomic mass is 9.75. The third-order valence-corrected chi connectivity index (χ3v) is 4.14. The lowest BCUT2D eigenvalue weighted by molar-refractivity contribution is 0.404. The Balaban J connectivity index is 2.37. The highest BCUT2D eigenvalue weighted by Gasteiger charge is 2.29. The van der Waals surface area contributed by atoms with Crippen LogP contribution < -0.4 is 10.5 Å². The molecule has 2 nitrogen and oxygen atoms in total. The number of hydrogen-bond acceptors (Lipinski definition) is 2. The molecule has 0 aliphatic heterocycles. The van der Waals surface area contributed by atoms with Crippen molar-refractivity contribution in [3.63, 3.8) is 0 Å². The van der Waals surface area contributed by atoms with Gasteiger partial charge in [0, 0.05) is 11.5 Å². The molecule has 0 saturated heterocycles. The molecular formula is C17H20ClNO. The molecule has 0 aliphatic rings. The van der Waals surface area contributed by atoms with Crippen molar-refractivity contribution in [1.82, 2.24) is 0 Å².